The van der Waals surface area contributed by atoms with Gasteiger partial charge in [0.25, 0.3) is 0 Å². The Hall–Kier alpha value is -0.550. The number of nitrogen functional groups attached to an aromatic ring is 1. The zero-order valence-corrected chi connectivity index (χ0v) is 9.13. The average molecular weight is 294 g/mol. The van der Waals surface area contributed by atoms with Gasteiger partial charge in [-0.1, -0.05) is 5.16 Å². The van der Waals surface area contributed by atoms with Crippen LogP contribution >= 0.6 is 31.9 Å². The van der Waals surface area contributed by atoms with Gasteiger partial charge in [0.1, 0.15) is 0 Å². The van der Waals surface area contributed by atoms with Gasteiger partial charge in [0.2, 0.25) is 0 Å². The van der Waals surface area contributed by atoms with E-state index in [9.17, 15) is 0 Å². The Morgan fingerprint density at radius 2 is 1.83 bits per heavy atom. The van der Waals surface area contributed by atoms with Crippen LogP contribution in [-0.2, 0) is 0 Å². The van der Waals surface area contributed by atoms with E-state index in [0.29, 0.717) is 5.69 Å². The molecule has 0 heterocycles. The third-order valence-corrected chi connectivity index (χ3v) is 2.62. The molecule has 12 heavy (non-hydrogen) atoms. The van der Waals surface area contributed by atoms with Gasteiger partial charge in [0, 0.05) is 8.95 Å². The van der Waals surface area contributed by atoms with Crippen molar-refractivity contribution in [1.29, 1.82) is 0 Å². The van der Waals surface area contributed by atoms with Gasteiger partial charge in [-0.15, -0.1) is 0 Å². The monoisotopic (exact) mass is 292 g/mol. The van der Waals surface area contributed by atoms with Crippen molar-refractivity contribution in [1.82, 2.24) is 0 Å². The molecule has 0 fully saturated rings. The number of nitrogens with zero attached hydrogens (tertiary/aromatic N) is 1. The van der Waals surface area contributed by atoms with Crippen LogP contribution in [0.1, 0.15) is 5.56 Å². The molecule has 0 aliphatic rings. The fourth-order valence-electron chi connectivity index (χ4n) is 0.745. The maximum atomic E-state index is 8.28. The minimum absolute atomic E-state index is 0.630. The van der Waals surface area contributed by atoms with E-state index in [1.807, 2.05) is 0 Å². The van der Waals surface area contributed by atoms with Crippen LogP contribution in [0.5, 0.6) is 0 Å². The summed E-state index contributed by atoms with van der Waals surface area (Å²) in [6, 6.07) is 3.53. The Kier molecular flexibility index (Phi) is 3.11. The van der Waals surface area contributed by atoms with E-state index in [2.05, 4.69) is 37.0 Å². The Balaban J connectivity index is 3.21. The second-order valence-electron chi connectivity index (χ2n) is 2.14. The van der Waals surface area contributed by atoms with Crippen LogP contribution in [0.3, 0.4) is 0 Å². The van der Waals surface area contributed by atoms with E-state index in [-0.39, 0.29) is 0 Å². The van der Waals surface area contributed by atoms with Crippen LogP contribution in [0.2, 0.25) is 0 Å². The molecule has 0 spiro atoms. The summed E-state index contributed by atoms with van der Waals surface area (Å²) in [5.74, 6) is 0. The van der Waals surface area contributed by atoms with Crippen LogP contribution in [-0.4, -0.2) is 11.4 Å². The van der Waals surface area contributed by atoms with Crippen molar-refractivity contribution in [3.8, 4) is 0 Å². The molecule has 0 aliphatic heterocycles. The molecule has 0 atom stereocenters. The van der Waals surface area contributed by atoms with Crippen molar-refractivity contribution in [3.05, 3.63) is 26.6 Å². The molecule has 0 bridgehead atoms. The standard InChI is InChI=1S/C7H6Br2N2O/c8-5-1-4(3-11-12)2-6(9)7(5)10/h1-3,12H,10H2/b11-3+. The molecule has 1 aromatic rings. The SMILES string of the molecule is Nc1c(Br)cc(/C=N/O)cc1Br. The van der Waals surface area contributed by atoms with Gasteiger partial charge in [-0.05, 0) is 49.6 Å². The van der Waals surface area contributed by atoms with E-state index in [1.54, 1.807) is 12.1 Å². The summed E-state index contributed by atoms with van der Waals surface area (Å²) in [7, 11) is 0. The zero-order valence-electron chi connectivity index (χ0n) is 5.96. The lowest BCUT2D eigenvalue weighted by atomic mass is 10.2. The molecule has 0 amide bonds. The van der Waals surface area contributed by atoms with Crippen LogP contribution in [0.15, 0.2) is 26.2 Å². The zero-order chi connectivity index (χ0) is 9.14. The highest BCUT2D eigenvalue weighted by atomic mass is 79.9. The number of rotatable bonds is 1. The fraction of sp³-hybridized carbons (Fsp3) is 0. The molecule has 3 nitrogen and oxygen atoms in total. The van der Waals surface area contributed by atoms with Crippen molar-refractivity contribution < 1.29 is 5.21 Å². The lowest BCUT2D eigenvalue weighted by Gasteiger charge is -2.02. The molecule has 3 N–H and O–H groups in total. The molecule has 64 valence electrons. The van der Waals surface area contributed by atoms with E-state index < -0.39 is 0 Å². The molecule has 0 unspecified atom stereocenters. The van der Waals surface area contributed by atoms with E-state index in [1.165, 1.54) is 6.21 Å². The van der Waals surface area contributed by atoms with Crippen LogP contribution in [0, 0.1) is 0 Å². The van der Waals surface area contributed by atoms with Gasteiger partial charge in [0.15, 0.2) is 0 Å². The van der Waals surface area contributed by atoms with Crippen molar-refractivity contribution in [3.63, 3.8) is 0 Å². The van der Waals surface area contributed by atoms with Gasteiger partial charge < -0.3 is 10.9 Å². The van der Waals surface area contributed by atoms with Crippen LogP contribution < -0.4 is 5.73 Å². The molecular formula is C7H6Br2N2O. The molecule has 5 heteroatoms. The normalized spacial score (nSPS) is 10.8. The maximum absolute atomic E-state index is 8.28. The number of anilines is 1. The average Bonchev–Trinajstić information content (AvgIpc) is 2.01. The number of benzene rings is 1. The number of halogens is 2. The first-order valence-corrected chi connectivity index (χ1v) is 4.65. The van der Waals surface area contributed by atoms with Gasteiger partial charge in [-0.2, -0.15) is 0 Å². The molecule has 0 saturated carbocycles. The predicted molar refractivity (Wildman–Crippen MR) is 55.6 cm³/mol. The predicted octanol–water partition coefficient (Wildman–Crippen LogP) is 2.60. The Morgan fingerprint density at radius 1 is 1.33 bits per heavy atom. The largest absolute Gasteiger partial charge is 0.411 e. The summed E-state index contributed by atoms with van der Waals surface area (Å²) in [4.78, 5) is 0. The number of oxime groups is 1. The summed E-state index contributed by atoms with van der Waals surface area (Å²) in [6.45, 7) is 0. The summed E-state index contributed by atoms with van der Waals surface area (Å²) >= 11 is 6.54. The Bertz CT molecular complexity index is 302. The van der Waals surface area contributed by atoms with Crippen molar-refractivity contribution in [2.24, 2.45) is 5.16 Å². The smallest absolute Gasteiger partial charge is 0.0734 e. The van der Waals surface area contributed by atoms with Crippen molar-refractivity contribution >= 4 is 43.8 Å². The molecule has 1 rings (SSSR count). The van der Waals surface area contributed by atoms with Gasteiger partial charge in [-0.25, -0.2) is 0 Å². The first kappa shape index (κ1) is 9.54. The third-order valence-electron chi connectivity index (χ3n) is 1.31. The number of nitrogens with two attached hydrogens (primary N) is 1. The highest BCUT2D eigenvalue weighted by Gasteiger charge is 2.01. The quantitative estimate of drug-likeness (QED) is 0.362. The van der Waals surface area contributed by atoms with Crippen molar-refractivity contribution in [2.75, 3.05) is 5.73 Å². The minimum atomic E-state index is 0.630. The lowest BCUT2D eigenvalue weighted by molar-refractivity contribution is 0.322. The number of hydrogen-bond donors (Lipinski definition) is 2. The highest BCUT2D eigenvalue weighted by Crippen LogP contribution is 2.28. The highest BCUT2D eigenvalue weighted by molar-refractivity contribution is 9.11. The van der Waals surface area contributed by atoms with Gasteiger partial charge >= 0.3 is 0 Å². The summed E-state index contributed by atoms with van der Waals surface area (Å²) in [5.41, 5.74) is 7.04. The first-order chi connectivity index (χ1) is 5.65. The molecular weight excluding hydrogens is 288 g/mol. The first-order valence-electron chi connectivity index (χ1n) is 3.07. The maximum Gasteiger partial charge on any atom is 0.0734 e. The summed E-state index contributed by atoms with van der Waals surface area (Å²) < 4.78 is 1.54. The number of hydrogen-bond acceptors (Lipinski definition) is 3. The van der Waals surface area contributed by atoms with Gasteiger partial charge in [-0.3, -0.25) is 0 Å². The van der Waals surface area contributed by atoms with Gasteiger partial charge in [0.05, 0.1) is 11.9 Å². The van der Waals surface area contributed by atoms with E-state index in [0.717, 1.165) is 14.5 Å². The molecule has 0 radical (unpaired) electrons. The molecule has 0 saturated heterocycles. The second-order valence-corrected chi connectivity index (χ2v) is 3.85. The Morgan fingerprint density at radius 3 is 2.25 bits per heavy atom. The fourth-order valence-corrected chi connectivity index (χ4v) is 1.97. The molecule has 0 aromatic heterocycles. The summed E-state index contributed by atoms with van der Waals surface area (Å²) in [5, 5.41) is 11.2. The van der Waals surface area contributed by atoms with Crippen molar-refractivity contribution in [2.45, 2.75) is 0 Å². The minimum Gasteiger partial charge on any atom is -0.411 e. The van der Waals surface area contributed by atoms with Crippen LogP contribution in [0.4, 0.5) is 5.69 Å². The molecule has 1 aromatic carbocycles. The van der Waals surface area contributed by atoms with E-state index in [4.69, 9.17) is 10.9 Å². The Labute approximate surface area is 86.5 Å². The second kappa shape index (κ2) is 3.91. The topological polar surface area (TPSA) is 58.6 Å². The summed E-state index contributed by atoms with van der Waals surface area (Å²) in [6.07, 6.45) is 1.33. The lowest BCUT2D eigenvalue weighted by Crippen LogP contribution is -1.91. The van der Waals surface area contributed by atoms with E-state index >= 15 is 0 Å². The van der Waals surface area contributed by atoms with Crippen LogP contribution in [0.25, 0.3) is 0 Å². The molecule has 0 aliphatic carbocycles. The third kappa shape index (κ3) is 1.98.